The number of anilines is 2. The third-order valence-corrected chi connectivity index (χ3v) is 7.69. The number of imidazole rings is 1. The fourth-order valence-corrected chi connectivity index (χ4v) is 5.49. The molecule has 0 radical (unpaired) electrons. The number of hydrogen-bond donors (Lipinski definition) is 1. The third-order valence-electron chi connectivity index (χ3n) is 6.47. The molecule has 1 N–H and O–H groups in total. The van der Waals surface area contributed by atoms with Gasteiger partial charge in [-0.1, -0.05) is 23.7 Å². The number of hydrogen-bond acceptors (Lipinski definition) is 5. The van der Waals surface area contributed by atoms with E-state index in [4.69, 9.17) is 11.6 Å². The molecule has 2 aromatic carbocycles. The van der Waals surface area contributed by atoms with Gasteiger partial charge >= 0.3 is 6.18 Å². The van der Waals surface area contributed by atoms with E-state index in [-0.39, 0.29) is 12.5 Å². The van der Waals surface area contributed by atoms with Gasteiger partial charge in [0.15, 0.2) is 0 Å². The smallest absolute Gasteiger partial charge is 0.368 e. The first kappa shape index (κ1) is 26.8. The van der Waals surface area contributed by atoms with Crippen LogP contribution in [0.25, 0.3) is 0 Å². The zero-order valence-corrected chi connectivity index (χ0v) is 22.1. The van der Waals surface area contributed by atoms with Crippen LogP contribution in [-0.2, 0) is 12.7 Å². The Morgan fingerprint density at radius 2 is 1.72 bits per heavy atom. The van der Waals surface area contributed by atoms with E-state index in [9.17, 15) is 22.8 Å². The maximum atomic E-state index is 13.7. The molecule has 0 atom stereocenters. The van der Waals surface area contributed by atoms with Gasteiger partial charge in [0.05, 0.1) is 38.9 Å². The fourth-order valence-electron chi connectivity index (χ4n) is 4.48. The highest BCUT2D eigenvalue weighted by molar-refractivity contribution is 7.17. The van der Waals surface area contributed by atoms with Crippen LogP contribution in [0.2, 0.25) is 4.34 Å². The molecule has 2 aromatic heterocycles. The first-order valence-electron chi connectivity index (χ1n) is 12.1. The number of piperazine rings is 1. The zero-order chi connectivity index (χ0) is 27.6. The number of halogens is 4. The zero-order valence-electron chi connectivity index (χ0n) is 20.5. The molecule has 5 rings (SSSR count). The average molecular weight is 574 g/mol. The second-order valence-corrected chi connectivity index (χ2v) is 10.6. The molecule has 39 heavy (non-hydrogen) atoms. The number of nitrogens with zero attached hydrogens (tertiary/aromatic N) is 4. The number of carbonyl (C=O) groups is 2. The lowest BCUT2D eigenvalue weighted by atomic mass is 10.0. The highest BCUT2D eigenvalue weighted by atomic mass is 35.5. The molecule has 1 saturated heterocycles. The Kier molecular flexibility index (Phi) is 7.62. The molecule has 12 heteroatoms. The largest absolute Gasteiger partial charge is 0.417 e. The molecule has 2 amide bonds. The van der Waals surface area contributed by atoms with Crippen LogP contribution in [0.3, 0.4) is 0 Å². The summed E-state index contributed by atoms with van der Waals surface area (Å²) in [5.74, 6) is -0.819. The fraction of sp³-hybridized carbons (Fsp3) is 0.222. The maximum absolute atomic E-state index is 13.7. The molecule has 0 saturated carbocycles. The number of rotatable bonds is 6. The van der Waals surface area contributed by atoms with Gasteiger partial charge in [0.1, 0.15) is 0 Å². The number of aromatic amines is 1. The molecule has 0 unspecified atom stereocenters. The van der Waals surface area contributed by atoms with Crippen molar-refractivity contribution in [1.29, 1.82) is 0 Å². The highest BCUT2D eigenvalue weighted by Crippen LogP contribution is 2.34. The van der Waals surface area contributed by atoms with Gasteiger partial charge in [0, 0.05) is 43.8 Å². The molecule has 0 aliphatic carbocycles. The Morgan fingerprint density at radius 1 is 1.00 bits per heavy atom. The summed E-state index contributed by atoms with van der Waals surface area (Å²) >= 11 is 7.22. The number of alkyl halides is 3. The lowest BCUT2D eigenvalue weighted by Crippen LogP contribution is -2.48. The Labute approximate surface area is 231 Å². The van der Waals surface area contributed by atoms with Gasteiger partial charge < -0.3 is 19.7 Å². The van der Waals surface area contributed by atoms with Crippen molar-refractivity contribution in [3.05, 3.63) is 99.2 Å². The van der Waals surface area contributed by atoms with E-state index in [1.807, 2.05) is 12.1 Å². The van der Waals surface area contributed by atoms with Crippen molar-refractivity contribution in [2.45, 2.75) is 12.7 Å². The predicted octanol–water partition coefficient (Wildman–Crippen LogP) is 5.95. The van der Waals surface area contributed by atoms with Crippen LogP contribution < -0.4 is 9.80 Å². The normalized spacial score (nSPS) is 13.9. The maximum Gasteiger partial charge on any atom is 0.417 e. The summed E-state index contributed by atoms with van der Waals surface area (Å²) in [4.78, 5) is 38.9. The monoisotopic (exact) mass is 573 g/mol. The lowest BCUT2D eigenvalue weighted by Gasteiger charge is -2.36. The minimum Gasteiger partial charge on any atom is -0.368 e. The molecule has 1 fully saturated rings. The predicted molar refractivity (Wildman–Crippen MR) is 144 cm³/mol. The van der Waals surface area contributed by atoms with Gasteiger partial charge in [-0.3, -0.25) is 9.59 Å². The summed E-state index contributed by atoms with van der Waals surface area (Å²) in [5.41, 5.74) is 0.484. The van der Waals surface area contributed by atoms with Crippen LogP contribution in [0.15, 0.2) is 73.2 Å². The van der Waals surface area contributed by atoms with Gasteiger partial charge in [-0.05, 0) is 48.5 Å². The van der Waals surface area contributed by atoms with Crippen molar-refractivity contribution >= 4 is 46.1 Å². The van der Waals surface area contributed by atoms with Crippen LogP contribution >= 0.6 is 22.9 Å². The Hall–Kier alpha value is -3.83. The molecule has 4 aromatic rings. The van der Waals surface area contributed by atoms with Gasteiger partial charge in [0.2, 0.25) is 0 Å². The van der Waals surface area contributed by atoms with Crippen molar-refractivity contribution < 1.29 is 22.8 Å². The molecule has 0 bridgehead atoms. The van der Waals surface area contributed by atoms with E-state index in [2.05, 4.69) is 14.9 Å². The molecular weight excluding hydrogens is 551 g/mol. The van der Waals surface area contributed by atoms with E-state index >= 15 is 0 Å². The minimum atomic E-state index is -4.67. The van der Waals surface area contributed by atoms with Gasteiger partial charge in [-0.2, -0.15) is 13.2 Å². The van der Waals surface area contributed by atoms with E-state index in [1.54, 1.807) is 29.2 Å². The molecule has 0 spiro atoms. The van der Waals surface area contributed by atoms with E-state index in [1.165, 1.54) is 47.0 Å². The van der Waals surface area contributed by atoms with Crippen LogP contribution in [0.5, 0.6) is 0 Å². The molecule has 202 valence electrons. The second kappa shape index (κ2) is 11.1. The number of nitrogens with one attached hydrogen (secondary N) is 1. The molecular formula is C27H23ClF3N5O2S. The number of aromatic nitrogens is 2. The summed E-state index contributed by atoms with van der Waals surface area (Å²) in [7, 11) is 0. The van der Waals surface area contributed by atoms with Crippen LogP contribution in [0, 0.1) is 0 Å². The standard InChI is InChI=1S/C27H23ClF3N5O2S/c28-24-10-9-23(39-24)26(38)35-13-11-34(12-14-35)19-5-7-20(8-6-19)36(16-18-15-32-17-33-18)25(37)21-3-1-2-4-22(21)27(29,30)31/h1-10,15,17H,11-14,16H2,(H,32,33). The first-order chi connectivity index (χ1) is 18.7. The summed E-state index contributed by atoms with van der Waals surface area (Å²) in [6, 6.07) is 15.3. The quantitative estimate of drug-likeness (QED) is 0.309. The van der Waals surface area contributed by atoms with Crippen molar-refractivity contribution in [3.8, 4) is 0 Å². The van der Waals surface area contributed by atoms with E-state index in [0.29, 0.717) is 46.8 Å². The Balaban J connectivity index is 1.34. The number of benzene rings is 2. The van der Waals surface area contributed by atoms with Crippen molar-refractivity contribution in [2.24, 2.45) is 0 Å². The molecule has 7 nitrogen and oxygen atoms in total. The Bertz CT molecular complexity index is 1450. The Morgan fingerprint density at radius 3 is 2.33 bits per heavy atom. The average Bonchev–Trinajstić information content (AvgIpc) is 3.62. The topological polar surface area (TPSA) is 72.5 Å². The summed E-state index contributed by atoms with van der Waals surface area (Å²) in [5, 5.41) is 0. The van der Waals surface area contributed by atoms with Crippen molar-refractivity contribution in [1.82, 2.24) is 14.9 Å². The molecule has 3 heterocycles. The van der Waals surface area contributed by atoms with Crippen LogP contribution in [0.1, 0.15) is 31.3 Å². The summed E-state index contributed by atoms with van der Waals surface area (Å²) in [6.45, 7) is 2.31. The summed E-state index contributed by atoms with van der Waals surface area (Å²) in [6.07, 6.45) is -1.70. The van der Waals surface area contributed by atoms with Gasteiger partial charge in [-0.25, -0.2) is 4.98 Å². The number of carbonyl (C=O) groups excluding carboxylic acids is 2. The van der Waals surface area contributed by atoms with Crippen molar-refractivity contribution in [2.75, 3.05) is 36.0 Å². The van der Waals surface area contributed by atoms with E-state index < -0.39 is 23.2 Å². The highest BCUT2D eigenvalue weighted by Gasteiger charge is 2.36. The summed E-state index contributed by atoms with van der Waals surface area (Å²) < 4.78 is 41.6. The van der Waals surface area contributed by atoms with Crippen LogP contribution in [-0.4, -0.2) is 52.9 Å². The van der Waals surface area contributed by atoms with Gasteiger partial charge in [0.25, 0.3) is 11.8 Å². The lowest BCUT2D eigenvalue weighted by molar-refractivity contribution is -0.137. The van der Waals surface area contributed by atoms with E-state index in [0.717, 1.165) is 11.8 Å². The second-order valence-electron chi connectivity index (χ2n) is 8.91. The van der Waals surface area contributed by atoms with Gasteiger partial charge in [-0.15, -0.1) is 11.3 Å². The minimum absolute atomic E-state index is 0.0118. The number of amides is 2. The first-order valence-corrected chi connectivity index (χ1v) is 13.2. The number of thiophene rings is 1. The SMILES string of the molecule is O=C(c1ccc(Cl)s1)N1CCN(c2ccc(N(Cc3cnc[nH]3)C(=O)c3ccccc3C(F)(F)F)cc2)CC1. The molecule has 1 aliphatic heterocycles. The third kappa shape index (κ3) is 5.94. The van der Waals surface area contributed by atoms with Crippen LogP contribution in [0.4, 0.5) is 24.5 Å². The van der Waals surface area contributed by atoms with Crippen molar-refractivity contribution in [3.63, 3.8) is 0 Å². The number of H-pyrrole nitrogens is 1. The molecule has 1 aliphatic rings.